The van der Waals surface area contributed by atoms with Gasteiger partial charge in [-0.3, -0.25) is 9.59 Å². The lowest BCUT2D eigenvalue weighted by atomic mass is 10.0. The molecule has 1 atom stereocenters. The predicted octanol–water partition coefficient (Wildman–Crippen LogP) is 1.69. The first kappa shape index (κ1) is 19.7. The van der Waals surface area contributed by atoms with Crippen LogP contribution in [0.25, 0.3) is 0 Å². The smallest absolute Gasteiger partial charge is 0.326 e. The molecule has 0 aliphatic carbocycles. The number of nitrogens with zero attached hydrogens (tertiary/aromatic N) is 1. The van der Waals surface area contributed by atoms with Crippen molar-refractivity contribution in [3.05, 3.63) is 35.9 Å². The van der Waals surface area contributed by atoms with Crippen LogP contribution >= 0.6 is 0 Å². The van der Waals surface area contributed by atoms with Gasteiger partial charge in [0, 0.05) is 13.5 Å². The largest absolute Gasteiger partial charge is 0.480 e. The van der Waals surface area contributed by atoms with Crippen LogP contribution in [-0.4, -0.2) is 46.9 Å². The maximum absolute atomic E-state index is 12.1. The van der Waals surface area contributed by atoms with Gasteiger partial charge in [-0.25, -0.2) is 4.79 Å². The fourth-order valence-corrected chi connectivity index (χ4v) is 2.36. The summed E-state index contributed by atoms with van der Waals surface area (Å²) in [6, 6.07) is 8.75. The van der Waals surface area contributed by atoms with Gasteiger partial charge in [0.25, 0.3) is 0 Å². The molecule has 132 valence electrons. The number of carbonyl (C=O) groups excluding carboxylic acids is 2. The molecule has 1 aromatic carbocycles. The Morgan fingerprint density at radius 1 is 1.17 bits per heavy atom. The Labute approximate surface area is 142 Å². The van der Waals surface area contributed by atoms with E-state index in [-0.39, 0.29) is 18.4 Å². The molecular weight excluding hydrogens is 308 g/mol. The summed E-state index contributed by atoms with van der Waals surface area (Å²) in [5, 5.41) is 11.7. The topological polar surface area (TPSA) is 86.7 Å². The second-order valence-electron chi connectivity index (χ2n) is 6.26. The predicted molar refractivity (Wildman–Crippen MR) is 91.4 cm³/mol. The van der Waals surface area contributed by atoms with Crippen molar-refractivity contribution < 1.29 is 19.5 Å². The third kappa shape index (κ3) is 7.26. The molecule has 2 amide bonds. The van der Waals surface area contributed by atoms with Crippen molar-refractivity contribution in [3.8, 4) is 0 Å². The van der Waals surface area contributed by atoms with E-state index in [0.717, 1.165) is 5.56 Å². The molecule has 0 fully saturated rings. The van der Waals surface area contributed by atoms with Gasteiger partial charge in [0.2, 0.25) is 11.8 Å². The van der Waals surface area contributed by atoms with Gasteiger partial charge in [-0.2, -0.15) is 0 Å². The summed E-state index contributed by atoms with van der Waals surface area (Å²) in [5.74, 6) is -1.58. The summed E-state index contributed by atoms with van der Waals surface area (Å²) in [6.45, 7) is 5.47. The van der Waals surface area contributed by atoms with E-state index in [4.69, 9.17) is 0 Å². The molecule has 0 bridgehead atoms. The fraction of sp³-hybridized carbons (Fsp3) is 0.500. The van der Waals surface area contributed by atoms with Crippen LogP contribution in [0.3, 0.4) is 0 Å². The van der Waals surface area contributed by atoms with Crippen LogP contribution in [0.2, 0.25) is 0 Å². The highest BCUT2D eigenvalue weighted by atomic mass is 16.4. The first-order chi connectivity index (χ1) is 11.3. The molecule has 0 heterocycles. The van der Waals surface area contributed by atoms with Gasteiger partial charge in [0.1, 0.15) is 6.04 Å². The Bertz CT molecular complexity index is 557. The number of carbonyl (C=O) groups is 3. The van der Waals surface area contributed by atoms with E-state index in [2.05, 4.69) is 5.32 Å². The molecule has 0 radical (unpaired) electrons. The second kappa shape index (κ2) is 9.70. The highest BCUT2D eigenvalue weighted by Crippen LogP contribution is 2.06. The van der Waals surface area contributed by atoms with Gasteiger partial charge in [0.15, 0.2) is 0 Å². The number of hydrogen-bond acceptors (Lipinski definition) is 3. The van der Waals surface area contributed by atoms with Crippen molar-refractivity contribution in [1.29, 1.82) is 0 Å². The summed E-state index contributed by atoms with van der Waals surface area (Å²) in [5.41, 5.74) is 1.08. The summed E-state index contributed by atoms with van der Waals surface area (Å²) in [6.07, 6.45) is 0.993. The molecule has 6 nitrogen and oxygen atoms in total. The second-order valence-corrected chi connectivity index (χ2v) is 6.26. The number of benzene rings is 1. The maximum atomic E-state index is 12.1. The van der Waals surface area contributed by atoms with Crippen LogP contribution in [0.4, 0.5) is 0 Å². The van der Waals surface area contributed by atoms with Gasteiger partial charge in [-0.15, -0.1) is 0 Å². The molecule has 0 aliphatic heterocycles. The van der Waals surface area contributed by atoms with E-state index in [9.17, 15) is 19.5 Å². The molecule has 0 aromatic heterocycles. The Morgan fingerprint density at radius 2 is 1.79 bits per heavy atom. The third-order valence-electron chi connectivity index (χ3n) is 3.63. The van der Waals surface area contributed by atoms with Crippen LogP contribution in [-0.2, 0) is 20.8 Å². The van der Waals surface area contributed by atoms with Crippen LogP contribution in [0.5, 0.6) is 0 Å². The lowest BCUT2D eigenvalue weighted by Gasteiger charge is -2.22. The number of amides is 2. The molecule has 2 N–H and O–H groups in total. The van der Waals surface area contributed by atoms with E-state index < -0.39 is 17.9 Å². The average molecular weight is 334 g/mol. The highest BCUT2D eigenvalue weighted by molar-refractivity contribution is 5.87. The molecule has 0 saturated heterocycles. The van der Waals surface area contributed by atoms with E-state index in [1.165, 1.54) is 11.8 Å². The number of aliphatic carboxylic acids is 1. The summed E-state index contributed by atoms with van der Waals surface area (Å²) in [4.78, 5) is 36.5. The van der Waals surface area contributed by atoms with Crippen LogP contribution in [0.1, 0.15) is 32.8 Å². The van der Waals surface area contributed by atoms with Crippen LogP contribution in [0.15, 0.2) is 30.3 Å². The zero-order valence-electron chi connectivity index (χ0n) is 14.5. The molecule has 0 unspecified atom stereocenters. The molecule has 1 aromatic rings. The first-order valence-corrected chi connectivity index (χ1v) is 8.11. The van der Waals surface area contributed by atoms with Gasteiger partial charge < -0.3 is 15.3 Å². The lowest BCUT2D eigenvalue weighted by molar-refractivity contribution is -0.142. The normalized spacial score (nSPS) is 11.8. The Morgan fingerprint density at radius 3 is 2.29 bits per heavy atom. The average Bonchev–Trinajstić information content (AvgIpc) is 2.51. The number of carboxylic acid groups (broad SMARTS) is 1. The van der Waals surface area contributed by atoms with Gasteiger partial charge in [0.05, 0.1) is 6.54 Å². The Hall–Kier alpha value is -2.37. The van der Waals surface area contributed by atoms with Crippen molar-refractivity contribution in [1.82, 2.24) is 10.2 Å². The minimum atomic E-state index is -1.06. The molecule has 1 rings (SSSR count). The monoisotopic (exact) mass is 334 g/mol. The van der Waals surface area contributed by atoms with Crippen LogP contribution < -0.4 is 5.32 Å². The zero-order chi connectivity index (χ0) is 18.1. The van der Waals surface area contributed by atoms with Crippen LogP contribution in [0, 0.1) is 5.92 Å². The van der Waals surface area contributed by atoms with Crippen molar-refractivity contribution in [2.45, 2.75) is 39.7 Å². The molecule has 0 aliphatic rings. The van der Waals surface area contributed by atoms with E-state index in [1.807, 2.05) is 44.2 Å². The SMILES string of the molecule is CC(=O)N(CCc1ccccc1)CC(=O)N[C@H](CC(C)C)C(=O)O. The van der Waals surface area contributed by atoms with E-state index in [1.54, 1.807) is 0 Å². The minimum Gasteiger partial charge on any atom is -0.480 e. The maximum Gasteiger partial charge on any atom is 0.326 e. The number of nitrogens with one attached hydrogen (secondary N) is 1. The van der Waals surface area contributed by atoms with E-state index >= 15 is 0 Å². The molecular formula is C18H26N2O4. The summed E-state index contributed by atoms with van der Waals surface area (Å²) >= 11 is 0. The number of hydrogen-bond donors (Lipinski definition) is 2. The first-order valence-electron chi connectivity index (χ1n) is 8.11. The Balaban J connectivity index is 2.58. The fourth-order valence-electron chi connectivity index (χ4n) is 2.36. The van der Waals surface area contributed by atoms with Crippen molar-refractivity contribution in [2.75, 3.05) is 13.1 Å². The molecule has 0 spiro atoms. The quantitative estimate of drug-likeness (QED) is 0.719. The molecule has 24 heavy (non-hydrogen) atoms. The van der Waals surface area contributed by atoms with E-state index in [0.29, 0.717) is 19.4 Å². The lowest BCUT2D eigenvalue weighted by Crippen LogP contribution is -2.47. The van der Waals surface area contributed by atoms with Crippen molar-refractivity contribution >= 4 is 17.8 Å². The van der Waals surface area contributed by atoms with Gasteiger partial charge >= 0.3 is 5.97 Å². The number of rotatable bonds is 9. The van der Waals surface area contributed by atoms with Crippen molar-refractivity contribution in [3.63, 3.8) is 0 Å². The standard InChI is InChI=1S/C18H26N2O4/c1-13(2)11-16(18(23)24)19-17(22)12-20(14(3)21)10-9-15-7-5-4-6-8-15/h4-8,13,16H,9-12H2,1-3H3,(H,19,22)(H,23,24)/t16-/m1/s1. The number of carboxylic acids is 1. The molecule has 6 heteroatoms. The van der Waals surface area contributed by atoms with Crippen molar-refractivity contribution in [2.24, 2.45) is 5.92 Å². The summed E-state index contributed by atoms with van der Waals surface area (Å²) < 4.78 is 0. The third-order valence-corrected chi connectivity index (χ3v) is 3.63. The Kier molecular flexibility index (Phi) is 7.95. The van der Waals surface area contributed by atoms with Gasteiger partial charge in [-0.05, 0) is 24.3 Å². The minimum absolute atomic E-state index is 0.135. The van der Waals surface area contributed by atoms with Gasteiger partial charge in [-0.1, -0.05) is 44.2 Å². The summed E-state index contributed by atoms with van der Waals surface area (Å²) in [7, 11) is 0. The zero-order valence-corrected chi connectivity index (χ0v) is 14.5. The molecule has 0 saturated carbocycles. The highest BCUT2D eigenvalue weighted by Gasteiger charge is 2.22.